The van der Waals surface area contributed by atoms with E-state index in [1.54, 1.807) is 12.1 Å². The van der Waals surface area contributed by atoms with Crippen LogP contribution in [0.1, 0.15) is 27.7 Å². The van der Waals surface area contributed by atoms with Crippen LogP contribution in [0, 0.1) is 13.8 Å². The number of nitrogens with one attached hydrogen (secondary N) is 3. The Balaban J connectivity index is 1.29. The summed E-state index contributed by atoms with van der Waals surface area (Å²) >= 11 is 8.32. The number of nitrogens with zero attached hydrogens (tertiary/aromatic N) is 1. The largest absolute Gasteiger partial charge is 0.332 e. The van der Waals surface area contributed by atoms with Gasteiger partial charge in [0.2, 0.25) is 5.91 Å². The van der Waals surface area contributed by atoms with Gasteiger partial charge in [-0.25, -0.2) is 4.98 Å². The number of carbonyl (C=O) groups excluding carboxylic acids is 2. The number of aryl methyl sites for hydroxylation is 2. The van der Waals surface area contributed by atoms with Crippen LogP contribution in [0.5, 0.6) is 0 Å². The lowest BCUT2D eigenvalue weighted by Gasteiger charge is -2.12. The third kappa shape index (κ3) is 7.48. The molecule has 1 amide bonds. The first-order valence-electron chi connectivity index (χ1n) is 11.5. The summed E-state index contributed by atoms with van der Waals surface area (Å²) in [5.41, 5.74) is 5.37. The second-order valence-corrected chi connectivity index (χ2v) is 11.0. The molecule has 1 heterocycles. The molecule has 0 saturated heterocycles. The highest BCUT2D eigenvalue weighted by atomic mass is 32.2. The number of carbonyl (C=O) groups is 2. The summed E-state index contributed by atoms with van der Waals surface area (Å²) < 4.78 is 0. The molecule has 0 aliphatic heterocycles. The minimum absolute atomic E-state index is 0.0176. The van der Waals surface area contributed by atoms with Crippen molar-refractivity contribution in [3.8, 4) is 11.3 Å². The summed E-state index contributed by atoms with van der Waals surface area (Å²) in [5.74, 6) is 0.162. The first kappa shape index (κ1) is 26.5. The average molecular weight is 547 g/mol. The number of Topliss-reactive ketones (excluding diaryl/α,β-unsaturated/α-hetero) is 1. The van der Waals surface area contributed by atoms with Crippen LogP contribution in [0.2, 0.25) is 0 Å². The van der Waals surface area contributed by atoms with E-state index in [-0.39, 0.29) is 17.4 Å². The van der Waals surface area contributed by atoms with Crippen LogP contribution in [-0.4, -0.2) is 27.5 Å². The fraction of sp³-hybridized carbons (Fsp3) is 0.143. The van der Waals surface area contributed by atoms with Crippen LogP contribution in [0.3, 0.4) is 0 Å². The van der Waals surface area contributed by atoms with Gasteiger partial charge in [0.05, 0.1) is 11.4 Å². The molecule has 4 rings (SSSR count). The van der Waals surface area contributed by atoms with Crippen molar-refractivity contribution in [2.24, 2.45) is 0 Å². The first-order valence-corrected chi connectivity index (χ1v) is 13.7. The summed E-state index contributed by atoms with van der Waals surface area (Å²) in [6, 6.07) is 23.0. The van der Waals surface area contributed by atoms with Gasteiger partial charge in [-0.3, -0.25) is 9.59 Å². The van der Waals surface area contributed by atoms with Gasteiger partial charge in [-0.05, 0) is 75.5 Å². The predicted octanol–water partition coefficient (Wildman–Crippen LogP) is 7.17. The van der Waals surface area contributed by atoms with Crippen molar-refractivity contribution in [3.63, 3.8) is 0 Å². The number of thiazole rings is 1. The molecule has 0 saturated carbocycles. The van der Waals surface area contributed by atoms with E-state index in [4.69, 9.17) is 12.2 Å². The quantitative estimate of drug-likeness (QED) is 0.123. The maximum absolute atomic E-state index is 12.6. The number of amides is 1. The molecule has 0 fully saturated rings. The summed E-state index contributed by atoms with van der Waals surface area (Å²) in [5, 5.41) is 10.2. The minimum Gasteiger partial charge on any atom is -0.332 e. The Labute approximate surface area is 229 Å². The minimum atomic E-state index is -0.112. The zero-order chi connectivity index (χ0) is 26.4. The van der Waals surface area contributed by atoms with Crippen molar-refractivity contribution in [2.75, 3.05) is 21.7 Å². The topological polar surface area (TPSA) is 83.1 Å². The van der Waals surface area contributed by atoms with Gasteiger partial charge >= 0.3 is 0 Å². The van der Waals surface area contributed by atoms with E-state index in [0.29, 0.717) is 15.8 Å². The summed E-state index contributed by atoms with van der Waals surface area (Å²) in [6.45, 7) is 5.59. The molecular weight excluding hydrogens is 521 g/mol. The van der Waals surface area contributed by atoms with Gasteiger partial charge in [-0.2, -0.15) is 0 Å². The molecule has 4 aromatic rings. The SMILES string of the molecule is CC(=O)c1ccc(NC(=S)Nc2cccc(SCC(=O)Nc3nc(-c4ccc(C)cc4)c(C)s3)c2)cc1. The molecule has 1 aromatic heterocycles. The Hall–Kier alpha value is -3.53. The van der Waals surface area contributed by atoms with Crippen LogP contribution in [-0.2, 0) is 4.79 Å². The second kappa shape index (κ2) is 12.1. The highest BCUT2D eigenvalue weighted by Gasteiger charge is 2.13. The zero-order valence-corrected chi connectivity index (χ0v) is 23.1. The molecule has 0 bridgehead atoms. The standard InChI is InChI=1S/C28H26N4O2S3/c1-17-7-9-21(10-8-17)26-19(3)37-28(32-26)31-25(34)16-36-24-6-4-5-23(15-24)30-27(35)29-22-13-11-20(12-14-22)18(2)33/h4-15H,16H2,1-3H3,(H2,29,30,35)(H,31,32,34). The second-order valence-electron chi connectivity index (χ2n) is 8.37. The molecule has 37 heavy (non-hydrogen) atoms. The van der Waals surface area contributed by atoms with E-state index in [2.05, 4.69) is 40.0 Å². The number of aromatic nitrogens is 1. The summed E-state index contributed by atoms with van der Waals surface area (Å²) in [4.78, 5) is 30.6. The Morgan fingerprint density at radius 3 is 2.32 bits per heavy atom. The lowest BCUT2D eigenvalue weighted by Crippen LogP contribution is -2.19. The third-order valence-electron chi connectivity index (χ3n) is 5.38. The van der Waals surface area contributed by atoms with Crippen LogP contribution in [0.25, 0.3) is 11.3 Å². The summed E-state index contributed by atoms with van der Waals surface area (Å²) in [6.07, 6.45) is 0. The van der Waals surface area contributed by atoms with Crippen molar-refractivity contribution in [3.05, 3.63) is 88.8 Å². The van der Waals surface area contributed by atoms with Gasteiger partial charge in [0.15, 0.2) is 16.0 Å². The fourth-order valence-corrected chi connectivity index (χ4v) is 5.32. The van der Waals surface area contributed by atoms with Gasteiger partial charge in [0, 0.05) is 32.3 Å². The highest BCUT2D eigenvalue weighted by Crippen LogP contribution is 2.31. The zero-order valence-electron chi connectivity index (χ0n) is 20.6. The van der Waals surface area contributed by atoms with Crippen molar-refractivity contribution in [1.82, 2.24) is 4.98 Å². The molecule has 3 aromatic carbocycles. The van der Waals surface area contributed by atoms with Crippen LogP contribution >= 0.6 is 35.3 Å². The van der Waals surface area contributed by atoms with Crippen molar-refractivity contribution >= 4 is 68.6 Å². The Morgan fingerprint density at radius 1 is 0.919 bits per heavy atom. The Morgan fingerprint density at radius 2 is 1.62 bits per heavy atom. The number of anilines is 3. The van der Waals surface area contributed by atoms with E-state index in [1.807, 2.05) is 55.5 Å². The van der Waals surface area contributed by atoms with Gasteiger partial charge in [-0.15, -0.1) is 23.1 Å². The monoisotopic (exact) mass is 546 g/mol. The van der Waals surface area contributed by atoms with Gasteiger partial charge in [0.25, 0.3) is 0 Å². The number of thiocarbonyl (C=S) groups is 1. The van der Waals surface area contributed by atoms with Crippen LogP contribution < -0.4 is 16.0 Å². The fourth-order valence-electron chi connectivity index (χ4n) is 3.48. The van der Waals surface area contributed by atoms with Gasteiger partial charge in [0.1, 0.15) is 0 Å². The molecule has 0 unspecified atom stereocenters. The number of hydrogen-bond donors (Lipinski definition) is 3. The molecular formula is C28H26N4O2S3. The number of rotatable bonds is 8. The van der Waals surface area contributed by atoms with Crippen LogP contribution in [0.4, 0.5) is 16.5 Å². The molecule has 6 nitrogen and oxygen atoms in total. The molecule has 0 spiro atoms. The van der Waals surface area contributed by atoms with Gasteiger partial charge in [-0.1, -0.05) is 35.9 Å². The summed E-state index contributed by atoms with van der Waals surface area (Å²) in [7, 11) is 0. The number of hydrogen-bond acceptors (Lipinski definition) is 6. The Bertz CT molecular complexity index is 1430. The molecule has 0 aliphatic carbocycles. The van der Waals surface area contributed by atoms with E-state index in [1.165, 1.54) is 35.6 Å². The molecule has 188 valence electrons. The van der Waals surface area contributed by atoms with Crippen molar-refractivity contribution in [1.29, 1.82) is 0 Å². The molecule has 0 atom stereocenters. The maximum Gasteiger partial charge on any atom is 0.236 e. The molecule has 3 N–H and O–H groups in total. The number of ketones is 1. The molecule has 0 radical (unpaired) electrons. The Kier molecular flexibility index (Phi) is 8.70. The van der Waals surface area contributed by atoms with E-state index in [9.17, 15) is 9.59 Å². The van der Waals surface area contributed by atoms with E-state index < -0.39 is 0 Å². The average Bonchev–Trinajstić information content (AvgIpc) is 3.23. The smallest absolute Gasteiger partial charge is 0.236 e. The lowest BCUT2D eigenvalue weighted by atomic mass is 10.1. The lowest BCUT2D eigenvalue weighted by molar-refractivity contribution is -0.113. The number of benzene rings is 3. The normalized spacial score (nSPS) is 10.6. The predicted molar refractivity (Wildman–Crippen MR) is 159 cm³/mol. The van der Waals surface area contributed by atoms with Crippen molar-refractivity contribution in [2.45, 2.75) is 25.7 Å². The highest BCUT2D eigenvalue weighted by molar-refractivity contribution is 8.00. The van der Waals surface area contributed by atoms with E-state index in [0.717, 1.165) is 32.4 Å². The van der Waals surface area contributed by atoms with Crippen molar-refractivity contribution < 1.29 is 9.59 Å². The maximum atomic E-state index is 12.6. The third-order valence-corrected chi connectivity index (χ3v) is 7.46. The first-order chi connectivity index (χ1) is 17.8. The van der Waals surface area contributed by atoms with Crippen LogP contribution in [0.15, 0.2) is 77.7 Å². The molecule has 0 aliphatic rings. The molecule has 9 heteroatoms. The number of thioether (sulfide) groups is 1. The van der Waals surface area contributed by atoms with E-state index >= 15 is 0 Å². The van der Waals surface area contributed by atoms with Gasteiger partial charge < -0.3 is 16.0 Å².